The maximum absolute atomic E-state index is 11.5. The van der Waals surface area contributed by atoms with E-state index in [4.69, 9.17) is 9.47 Å². The highest BCUT2D eigenvalue weighted by atomic mass is 16.5. The van der Waals surface area contributed by atoms with Crippen LogP contribution in [0.25, 0.3) is 0 Å². The summed E-state index contributed by atoms with van der Waals surface area (Å²) in [6, 6.07) is 5.77. The first-order valence-corrected chi connectivity index (χ1v) is 5.48. The minimum absolute atomic E-state index is 0.0671. The molecule has 18 heavy (non-hydrogen) atoms. The van der Waals surface area contributed by atoms with E-state index in [0.717, 1.165) is 11.1 Å². The average molecular weight is 246 g/mol. The highest BCUT2D eigenvalue weighted by molar-refractivity contribution is 5.40. The standard InChI is InChI=1S/C13H14N2O3/c1-8-4-5-10(9(2)6-8)18-13-11(17-3)12(16)14-7-15-13/h4-7H,1-3H3,(H,14,15,16). The van der Waals surface area contributed by atoms with Gasteiger partial charge in [0, 0.05) is 0 Å². The number of methoxy groups -OCH3 is 1. The van der Waals surface area contributed by atoms with Crippen molar-refractivity contribution in [1.29, 1.82) is 0 Å². The van der Waals surface area contributed by atoms with Crippen molar-refractivity contribution in [2.75, 3.05) is 7.11 Å². The molecular weight excluding hydrogens is 232 g/mol. The van der Waals surface area contributed by atoms with Crippen molar-refractivity contribution < 1.29 is 9.47 Å². The molecule has 0 aliphatic carbocycles. The Morgan fingerprint density at radius 3 is 2.72 bits per heavy atom. The van der Waals surface area contributed by atoms with Crippen molar-refractivity contribution in [2.45, 2.75) is 13.8 Å². The summed E-state index contributed by atoms with van der Waals surface area (Å²) in [6.45, 7) is 3.94. The van der Waals surface area contributed by atoms with Gasteiger partial charge in [0.1, 0.15) is 5.75 Å². The van der Waals surface area contributed by atoms with Crippen LogP contribution in [-0.4, -0.2) is 17.1 Å². The number of aryl methyl sites for hydroxylation is 2. The molecule has 0 aliphatic rings. The Morgan fingerprint density at radius 1 is 1.28 bits per heavy atom. The Kier molecular flexibility index (Phi) is 3.32. The average Bonchev–Trinajstić information content (AvgIpc) is 2.33. The van der Waals surface area contributed by atoms with Crippen molar-refractivity contribution in [3.8, 4) is 17.4 Å². The molecule has 1 aromatic heterocycles. The molecule has 1 aromatic carbocycles. The molecule has 0 saturated carbocycles. The zero-order valence-electron chi connectivity index (χ0n) is 10.5. The lowest BCUT2D eigenvalue weighted by Crippen LogP contribution is -2.11. The monoisotopic (exact) mass is 246 g/mol. The molecule has 94 valence electrons. The van der Waals surface area contributed by atoms with E-state index in [1.165, 1.54) is 13.4 Å². The number of aromatic nitrogens is 2. The Bertz CT molecular complexity index is 620. The van der Waals surface area contributed by atoms with Gasteiger partial charge in [-0.2, -0.15) is 0 Å². The fourth-order valence-corrected chi connectivity index (χ4v) is 1.64. The first-order valence-electron chi connectivity index (χ1n) is 5.48. The van der Waals surface area contributed by atoms with Crippen LogP contribution in [0, 0.1) is 13.8 Å². The molecule has 0 amide bonds. The second-order valence-corrected chi connectivity index (χ2v) is 3.94. The zero-order chi connectivity index (χ0) is 13.1. The maximum Gasteiger partial charge on any atom is 0.297 e. The summed E-state index contributed by atoms with van der Waals surface area (Å²) in [5.41, 5.74) is 1.75. The molecule has 5 nitrogen and oxygen atoms in total. The fraction of sp³-hybridized carbons (Fsp3) is 0.231. The topological polar surface area (TPSA) is 64.2 Å². The van der Waals surface area contributed by atoms with Gasteiger partial charge in [-0.05, 0) is 25.5 Å². The summed E-state index contributed by atoms with van der Waals surface area (Å²) < 4.78 is 10.6. The molecule has 0 radical (unpaired) electrons. The third-order valence-corrected chi connectivity index (χ3v) is 2.52. The van der Waals surface area contributed by atoms with Crippen LogP contribution in [0.4, 0.5) is 0 Å². The summed E-state index contributed by atoms with van der Waals surface area (Å²) in [6.07, 6.45) is 1.28. The molecule has 0 fully saturated rings. The molecule has 0 saturated heterocycles. The highest BCUT2D eigenvalue weighted by Gasteiger charge is 2.12. The molecule has 0 spiro atoms. The number of aromatic amines is 1. The van der Waals surface area contributed by atoms with E-state index >= 15 is 0 Å². The van der Waals surface area contributed by atoms with Gasteiger partial charge in [0.2, 0.25) is 5.75 Å². The van der Waals surface area contributed by atoms with Gasteiger partial charge in [-0.1, -0.05) is 17.7 Å². The van der Waals surface area contributed by atoms with Crippen LogP contribution >= 0.6 is 0 Å². The number of ether oxygens (including phenoxy) is 2. The van der Waals surface area contributed by atoms with Crippen molar-refractivity contribution in [3.63, 3.8) is 0 Å². The van der Waals surface area contributed by atoms with Gasteiger partial charge in [-0.15, -0.1) is 0 Å². The maximum atomic E-state index is 11.5. The van der Waals surface area contributed by atoms with Crippen LogP contribution in [0.2, 0.25) is 0 Å². The predicted molar refractivity (Wildman–Crippen MR) is 67.4 cm³/mol. The first kappa shape index (κ1) is 12.2. The molecule has 0 unspecified atom stereocenters. The third kappa shape index (κ3) is 2.34. The lowest BCUT2D eigenvalue weighted by molar-refractivity contribution is 0.362. The van der Waals surface area contributed by atoms with E-state index in [1.54, 1.807) is 0 Å². The molecule has 1 N–H and O–H groups in total. The van der Waals surface area contributed by atoms with E-state index in [9.17, 15) is 4.79 Å². The zero-order valence-corrected chi connectivity index (χ0v) is 10.5. The van der Waals surface area contributed by atoms with Crippen LogP contribution < -0.4 is 15.0 Å². The minimum Gasteiger partial charge on any atom is -0.487 e. The molecule has 0 atom stereocenters. The van der Waals surface area contributed by atoms with E-state index < -0.39 is 0 Å². The summed E-state index contributed by atoms with van der Waals surface area (Å²) >= 11 is 0. The summed E-state index contributed by atoms with van der Waals surface area (Å²) in [4.78, 5) is 17.9. The largest absolute Gasteiger partial charge is 0.487 e. The van der Waals surface area contributed by atoms with Crippen LogP contribution in [-0.2, 0) is 0 Å². The Balaban J connectivity index is 2.40. The van der Waals surface area contributed by atoms with E-state index in [-0.39, 0.29) is 17.2 Å². The highest BCUT2D eigenvalue weighted by Crippen LogP contribution is 2.28. The Morgan fingerprint density at radius 2 is 2.06 bits per heavy atom. The number of benzene rings is 1. The van der Waals surface area contributed by atoms with Crippen LogP contribution in [0.3, 0.4) is 0 Å². The Labute approximate surface area is 104 Å². The number of hydrogen-bond acceptors (Lipinski definition) is 4. The van der Waals surface area contributed by atoms with Crippen molar-refractivity contribution in [3.05, 3.63) is 46.0 Å². The van der Waals surface area contributed by atoms with Gasteiger partial charge in [0.15, 0.2) is 0 Å². The molecule has 0 bridgehead atoms. The van der Waals surface area contributed by atoms with Gasteiger partial charge in [-0.25, -0.2) is 4.98 Å². The number of nitrogens with one attached hydrogen (secondary N) is 1. The number of nitrogens with zero attached hydrogens (tertiary/aromatic N) is 1. The van der Waals surface area contributed by atoms with Crippen LogP contribution in [0.5, 0.6) is 17.4 Å². The normalized spacial score (nSPS) is 10.2. The quantitative estimate of drug-likeness (QED) is 0.901. The van der Waals surface area contributed by atoms with Gasteiger partial charge >= 0.3 is 0 Å². The minimum atomic E-state index is -0.368. The number of H-pyrrole nitrogens is 1. The van der Waals surface area contributed by atoms with Crippen LogP contribution in [0.1, 0.15) is 11.1 Å². The lowest BCUT2D eigenvalue weighted by atomic mass is 10.1. The second-order valence-electron chi connectivity index (χ2n) is 3.94. The summed E-state index contributed by atoms with van der Waals surface area (Å²) in [5.74, 6) is 0.877. The SMILES string of the molecule is COc1c(Oc2ccc(C)cc2C)nc[nH]c1=O. The third-order valence-electron chi connectivity index (χ3n) is 2.52. The smallest absolute Gasteiger partial charge is 0.297 e. The Hall–Kier alpha value is -2.30. The fourth-order valence-electron chi connectivity index (χ4n) is 1.64. The predicted octanol–water partition coefficient (Wildman–Crippen LogP) is 2.19. The second kappa shape index (κ2) is 4.91. The molecule has 2 aromatic rings. The van der Waals surface area contributed by atoms with Gasteiger partial charge in [0.25, 0.3) is 11.4 Å². The van der Waals surface area contributed by atoms with Crippen molar-refractivity contribution in [1.82, 2.24) is 9.97 Å². The molecular formula is C13H14N2O3. The molecule has 5 heteroatoms. The summed E-state index contributed by atoms with van der Waals surface area (Å²) in [7, 11) is 1.40. The molecule has 1 heterocycles. The van der Waals surface area contributed by atoms with Crippen molar-refractivity contribution >= 4 is 0 Å². The van der Waals surface area contributed by atoms with Crippen molar-refractivity contribution in [2.24, 2.45) is 0 Å². The summed E-state index contributed by atoms with van der Waals surface area (Å²) in [5, 5.41) is 0. The number of hydrogen-bond donors (Lipinski definition) is 1. The number of rotatable bonds is 3. The molecule has 2 rings (SSSR count). The van der Waals surface area contributed by atoms with Gasteiger partial charge < -0.3 is 14.5 Å². The lowest BCUT2D eigenvalue weighted by Gasteiger charge is -2.10. The van der Waals surface area contributed by atoms with E-state index in [2.05, 4.69) is 9.97 Å². The first-order chi connectivity index (χ1) is 8.61. The van der Waals surface area contributed by atoms with Gasteiger partial charge in [0.05, 0.1) is 13.4 Å². The van der Waals surface area contributed by atoms with Crippen LogP contribution in [0.15, 0.2) is 29.3 Å². The molecule has 0 aliphatic heterocycles. The van der Waals surface area contributed by atoms with E-state index in [1.807, 2.05) is 32.0 Å². The van der Waals surface area contributed by atoms with E-state index in [0.29, 0.717) is 5.75 Å². The van der Waals surface area contributed by atoms with Gasteiger partial charge in [-0.3, -0.25) is 4.79 Å².